The molecule has 3 rings (SSSR count). The van der Waals surface area contributed by atoms with E-state index in [-0.39, 0.29) is 6.61 Å². The molecule has 2 aromatic carbocycles. The van der Waals surface area contributed by atoms with Gasteiger partial charge in [0.15, 0.2) is 23.0 Å². The minimum absolute atomic E-state index is 0.282. The number of ether oxygens (including phenoxy) is 6. The van der Waals surface area contributed by atoms with E-state index in [9.17, 15) is 4.79 Å². The summed E-state index contributed by atoms with van der Waals surface area (Å²) in [7, 11) is 7.90. The maximum absolute atomic E-state index is 12.9. The van der Waals surface area contributed by atoms with Crippen molar-refractivity contribution >= 4 is 6.09 Å². The molecule has 0 saturated heterocycles. The maximum atomic E-state index is 12.9. The highest BCUT2D eigenvalue weighted by Gasteiger charge is 2.36. The fraction of sp³-hybridized carbons (Fsp3) is 0.435. The van der Waals surface area contributed by atoms with Crippen LogP contribution in [0.25, 0.3) is 0 Å². The van der Waals surface area contributed by atoms with Crippen molar-refractivity contribution < 1.29 is 33.2 Å². The lowest BCUT2D eigenvalue weighted by Gasteiger charge is -2.38. The zero-order valence-corrected chi connectivity index (χ0v) is 18.8. The van der Waals surface area contributed by atoms with Crippen LogP contribution in [0.5, 0.6) is 28.7 Å². The largest absolute Gasteiger partial charge is 0.496 e. The third-order valence-corrected chi connectivity index (χ3v) is 5.41. The summed E-state index contributed by atoms with van der Waals surface area (Å²) in [6, 6.07) is 6.97. The molecule has 1 aliphatic rings. The molecule has 0 fully saturated rings. The Balaban J connectivity index is 2.26. The summed E-state index contributed by atoms with van der Waals surface area (Å²) >= 11 is 0. The predicted molar refractivity (Wildman–Crippen MR) is 115 cm³/mol. The molecule has 8 heteroatoms. The minimum Gasteiger partial charge on any atom is -0.496 e. The zero-order chi connectivity index (χ0) is 22.5. The molecule has 0 N–H and O–H groups in total. The monoisotopic (exact) mass is 431 g/mol. The van der Waals surface area contributed by atoms with Gasteiger partial charge in [-0.15, -0.1) is 0 Å². The summed E-state index contributed by atoms with van der Waals surface area (Å²) in [5.41, 5.74) is 2.71. The molecule has 0 bridgehead atoms. The lowest BCUT2D eigenvalue weighted by molar-refractivity contribution is 0.0931. The van der Waals surface area contributed by atoms with E-state index in [0.717, 1.165) is 16.7 Å². The van der Waals surface area contributed by atoms with Crippen molar-refractivity contribution in [3.8, 4) is 28.7 Å². The topological polar surface area (TPSA) is 75.7 Å². The Morgan fingerprint density at radius 2 is 1.32 bits per heavy atom. The van der Waals surface area contributed by atoms with Crippen LogP contribution in [0.4, 0.5) is 4.79 Å². The van der Waals surface area contributed by atoms with Crippen molar-refractivity contribution in [1.82, 2.24) is 4.90 Å². The Kier molecular flexibility index (Phi) is 6.99. The molecule has 0 saturated carbocycles. The smallest absolute Gasteiger partial charge is 0.410 e. The number of fused-ring (bicyclic) bond motifs is 1. The number of carbonyl (C=O) groups is 1. The first-order chi connectivity index (χ1) is 15.0. The van der Waals surface area contributed by atoms with Crippen LogP contribution >= 0.6 is 0 Å². The highest BCUT2D eigenvalue weighted by molar-refractivity contribution is 5.71. The number of carbonyl (C=O) groups excluding carboxylic acids is 1. The average Bonchev–Trinajstić information content (AvgIpc) is 2.81. The highest BCUT2D eigenvalue weighted by Crippen LogP contribution is 2.46. The van der Waals surface area contributed by atoms with E-state index in [1.54, 1.807) is 53.4 Å². The summed E-state index contributed by atoms with van der Waals surface area (Å²) in [6.07, 6.45) is 0.255. The first kappa shape index (κ1) is 22.4. The molecular weight excluding hydrogens is 402 g/mol. The number of amides is 1. The number of rotatable bonds is 7. The van der Waals surface area contributed by atoms with Gasteiger partial charge >= 0.3 is 6.09 Å². The van der Waals surface area contributed by atoms with E-state index in [4.69, 9.17) is 28.4 Å². The highest BCUT2D eigenvalue weighted by atomic mass is 16.6. The van der Waals surface area contributed by atoms with Crippen LogP contribution in [0, 0.1) is 0 Å². The van der Waals surface area contributed by atoms with Crippen molar-refractivity contribution in [2.45, 2.75) is 19.4 Å². The number of hydrogen-bond acceptors (Lipinski definition) is 7. The van der Waals surface area contributed by atoms with Gasteiger partial charge < -0.3 is 28.4 Å². The van der Waals surface area contributed by atoms with Crippen LogP contribution in [0.2, 0.25) is 0 Å². The minimum atomic E-state index is -0.475. The fourth-order valence-electron chi connectivity index (χ4n) is 3.95. The summed E-state index contributed by atoms with van der Waals surface area (Å²) in [6.45, 7) is 2.54. The lowest BCUT2D eigenvalue weighted by atomic mass is 9.87. The Bertz CT molecular complexity index is 944. The zero-order valence-electron chi connectivity index (χ0n) is 18.8. The summed E-state index contributed by atoms with van der Waals surface area (Å²) in [5.74, 6) is 2.86. The number of methoxy groups -OCH3 is 5. The Morgan fingerprint density at radius 3 is 1.87 bits per heavy atom. The van der Waals surface area contributed by atoms with Gasteiger partial charge in [0.05, 0.1) is 48.2 Å². The van der Waals surface area contributed by atoms with E-state index < -0.39 is 12.1 Å². The number of benzene rings is 2. The van der Waals surface area contributed by atoms with Gasteiger partial charge in [-0.2, -0.15) is 0 Å². The number of nitrogens with zero attached hydrogens (tertiary/aromatic N) is 1. The van der Waals surface area contributed by atoms with Gasteiger partial charge in [-0.05, 0) is 42.7 Å². The fourth-order valence-corrected chi connectivity index (χ4v) is 3.95. The van der Waals surface area contributed by atoms with Crippen LogP contribution in [-0.4, -0.2) is 59.7 Å². The third-order valence-electron chi connectivity index (χ3n) is 5.41. The molecule has 1 aliphatic heterocycles. The molecule has 0 unspecified atom stereocenters. The van der Waals surface area contributed by atoms with Crippen LogP contribution in [-0.2, 0) is 11.2 Å². The second kappa shape index (κ2) is 9.68. The molecule has 0 radical (unpaired) electrons. The Morgan fingerprint density at radius 1 is 0.806 bits per heavy atom. The van der Waals surface area contributed by atoms with E-state index in [1.165, 1.54) is 0 Å². The van der Waals surface area contributed by atoms with Crippen molar-refractivity contribution in [1.29, 1.82) is 0 Å². The van der Waals surface area contributed by atoms with Gasteiger partial charge in [-0.1, -0.05) is 0 Å². The van der Waals surface area contributed by atoms with Gasteiger partial charge in [0.25, 0.3) is 0 Å². The summed E-state index contributed by atoms with van der Waals surface area (Å²) in [4.78, 5) is 14.6. The second-order valence-electron chi connectivity index (χ2n) is 6.90. The quantitative estimate of drug-likeness (QED) is 0.659. The van der Waals surface area contributed by atoms with Crippen LogP contribution in [0.1, 0.15) is 29.7 Å². The Hall–Kier alpha value is -3.29. The molecular formula is C23H29NO7. The molecule has 8 nitrogen and oxygen atoms in total. The van der Waals surface area contributed by atoms with Crippen molar-refractivity contribution in [2.24, 2.45) is 0 Å². The third kappa shape index (κ3) is 4.15. The van der Waals surface area contributed by atoms with Crippen LogP contribution in [0.15, 0.2) is 24.3 Å². The molecule has 2 aromatic rings. The molecule has 1 heterocycles. The van der Waals surface area contributed by atoms with E-state index in [1.807, 2.05) is 18.2 Å². The van der Waals surface area contributed by atoms with Gasteiger partial charge in [0.2, 0.25) is 0 Å². The Labute approximate surface area is 182 Å². The molecule has 168 valence electrons. The molecule has 31 heavy (non-hydrogen) atoms. The number of hydrogen-bond donors (Lipinski definition) is 0. The van der Waals surface area contributed by atoms with Crippen molar-refractivity contribution in [2.75, 3.05) is 48.7 Å². The predicted octanol–water partition coefficient (Wildman–Crippen LogP) is 3.83. The van der Waals surface area contributed by atoms with E-state index in [0.29, 0.717) is 41.7 Å². The van der Waals surface area contributed by atoms with E-state index in [2.05, 4.69) is 0 Å². The van der Waals surface area contributed by atoms with Gasteiger partial charge in [-0.3, -0.25) is 4.90 Å². The first-order valence-corrected chi connectivity index (χ1v) is 10.0. The first-order valence-electron chi connectivity index (χ1n) is 10.0. The summed E-state index contributed by atoms with van der Waals surface area (Å²) in [5, 5.41) is 0. The SMILES string of the molecule is CCOC(=O)N1CCc2cc(OC)c(OC)cc2[C@H]1c1cc(OC)c(OC)cc1OC. The standard InChI is InChI=1S/C23H29NO7/c1-7-31-23(25)24-9-8-14-10-18(27-3)19(28-4)11-15(14)22(24)16-12-20(29-5)21(30-6)13-17(16)26-2/h10-13,22H,7-9H2,1-6H3/t22-/m0/s1. The average molecular weight is 431 g/mol. The van der Waals surface area contributed by atoms with E-state index >= 15 is 0 Å². The van der Waals surface area contributed by atoms with Crippen molar-refractivity contribution in [3.05, 3.63) is 41.0 Å². The van der Waals surface area contributed by atoms with Crippen LogP contribution < -0.4 is 23.7 Å². The maximum Gasteiger partial charge on any atom is 0.410 e. The van der Waals surface area contributed by atoms with Gasteiger partial charge in [0, 0.05) is 18.2 Å². The van der Waals surface area contributed by atoms with Crippen molar-refractivity contribution in [3.63, 3.8) is 0 Å². The molecule has 0 spiro atoms. The van der Waals surface area contributed by atoms with Gasteiger partial charge in [0.1, 0.15) is 5.75 Å². The normalized spacial score (nSPS) is 15.0. The van der Waals surface area contributed by atoms with Gasteiger partial charge in [-0.25, -0.2) is 4.79 Å². The molecule has 0 aromatic heterocycles. The van der Waals surface area contributed by atoms with Crippen LogP contribution in [0.3, 0.4) is 0 Å². The molecule has 1 amide bonds. The molecule has 1 atom stereocenters. The lowest BCUT2D eigenvalue weighted by Crippen LogP contribution is -2.41. The molecule has 0 aliphatic carbocycles. The summed E-state index contributed by atoms with van der Waals surface area (Å²) < 4.78 is 33.0. The second-order valence-corrected chi connectivity index (χ2v) is 6.90.